The maximum absolute atomic E-state index is 11.6. The van der Waals surface area contributed by atoms with Gasteiger partial charge < -0.3 is 19.6 Å². The molecule has 1 aliphatic heterocycles. The first-order valence-corrected chi connectivity index (χ1v) is 11.0. The van der Waals surface area contributed by atoms with Crippen molar-refractivity contribution in [3.8, 4) is 0 Å². The lowest BCUT2D eigenvalue weighted by atomic mass is 9.91. The van der Waals surface area contributed by atoms with Crippen LogP contribution in [0.2, 0.25) is 0 Å². The van der Waals surface area contributed by atoms with Crippen LogP contribution in [0, 0.1) is 6.92 Å². The highest BCUT2D eigenvalue weighted by molar-refractivity contribution is 6.05. The van der Waals surface area contributed by atoms with Crippen molar-refractivity contribution in [3.05, 3.63) is 70.9 Å². The molecule has 0 amide bonds. The summed E-state index contributed by atoms with van der Waals surface area (Å²) in [4.78, 5) is 16.3. The van der Waals surface area contributed by atoms with Crippen LogP contribution in [0.1, 0.15) is 58.8 Å². The first-order valence-electron chi connectivity index (χ1n) is 11.0. The summed E-state index contributed by atoms with van der Waals surface area (Å²) >= 11 is 0. The van der Waals surface area contributed by atoms with Gasteiger partial charge in [-0.05, 0) is 62.4 Å². The standard InChI is InChI=1S/C26H26N2O4/c1-15-13-20(16(2)28-22-6-4-3-5-19(22)26(29)30)24-21(14-15)23-25(32-24)18(7-10-27-23)17-8-11-31-12-9-17/h3-7,10,13-14,16-17,28H,8-9,11-12H2,1-2H3,(H,29,30)/t16-/m1/s1. The Bertz CT molecular complexity index is 1300. The Morgan fingerprint density at radius 3 is 2.72 bits per heavy atom. The summed E-state index contributed by atoms with van der Waals surface area (Å²) in [5.74, 6) is -0.555. The number of aromatic carboxylic acids is 1. The molecule has 4 aromatic rings. The molecule has 1 fully saturated rings. The summed E-state index contributed by atoms with van der Waals surface area (Å²) in [6.45, 7) is 5.61. The minimum absolute atomic E-state index is 0.162. The maximum Gasteiger partial charge on any atom is 0.337 e. The Hall–Kier alpha value is -3.38. The van der Waals surface area contributed by atoms with E-state index in [0.717, 1.165) is 59.3 Å². The quantitative estimate of drug-likeness (QED) is 0.401. The molecule has 0 radical (unpaired) electrons. The zero-order chi connectivity index (χ0) is 22.2. The molecular formula is C26H26N2O4. The molecule has 1 aliphatic rings. The largest absolute Gasteiger partial charge is 0.478 e. The second-order valence-corrected chi connectivity index (χ2v) is 8.51. The van der Waals surface area contributed by atoms with E-state index in [1.54, 1.807) is 18.2 Å². The average molecular weight is 431 g/mol. The Kier molecular flexibility index (Phi) is 5.31. The summed E-state index contributed by atoms with van der Waals surface area (Å²) in [5.41, 5.74) is 6.63. The van der Waals surface area contributed by atoms with Gasteiger partial charge in [-0.25, -0.2) is 4.79 Å². The number of furan rings is 1. The van der Waals surface area contributed by atoms with Crippen molar-refractivity contribution in [3.63, 3.8) is 0 Å². The van der Waals surface area contributed by atoms with E-state index in [9.17, 15) is 9.90 Å². The number of ether oxygens (including phenoxy) is 1. The molecule has 1 saturated heterocycles. The van der Waals surface area contributed by atoms with Crippen molar-refractivity contribution in [1.82, 2.24) is 4.98 Å². The molecule has 0 bridgehead atoms. The van der Waals surface area contributed by atoms with Gasteiger partial charge in [0.25, 0.3) is 0 Å². The number of para-hydroxylation sites is 1. The van der Waals surface area contributed by atoms with Gasteiger partial charge in [0.05, 0.1) is 11.6 Å². The number of benzene rings is 2. The highest BCUT2D eigenvalue weighted by Crippen LogP contribution is 2.39. The van der Waals surface area contributed by atoms with Crippen LogP contribution >= 0.6 is 0 Å². The number of aromatic nitrogens is 1. The molecule has 6 nitrogen and oxygen atoms in total. The normalized spacial score (nSPS) is 15.8. The Labute approximate surface area is 186 Å². The highest BCUT2D eigenvalue weighted by atomic mass is 16.5. The van der Waals surface area contributed by atoms with E-state index < -0.39 is 5.97 Å². The Morgan fingerprint density at radius 1 is 1.16 bits per heavy atom. The molecule has 0 spiro atoms. The van der Waals surface area contributed by atoms with Crippen molar-refractivity contribution in [1.29, 1.82) is 0 Å². The van der Waals surface area contributed by atoms with Crippen LogP contribution in [-0.2, 0) is 4.74 Å². The smallest absolute Gasteiger partial charge is 0.337 e. The minimum Gasteiger partial charge on any atom is -0.478 e. The van der Waals surface area contributed by atoms with Crippen molar-refractivity contribution < 1.29 is 19.1 Å². The van der Waals surface area contributed by atoms with Gasteiger partial charge in [0, 0.05) is 41.6 Å². The molecule has 32 heavy (non-hydrogen) atoms. The molecule has 5 rings (SSSR count). The molecule has 2 N–H and O–H groups in total. The lowest BCUT2D eigenvalue weighted by Crippen LogP contribution is -2.14. The van der Waals surface area contributed by atoms with E-state index in [-0.39, 0.29) is 11.6 Å². The molecule has 2 aromatic carbocycles. The summed E-state index contributed by atoms with van der Waals surface area (Å²) in [5, 5.41) is 13.9. The SMILES string of the molecule is Cc1cc([C@@H](C)Nc2ccccc2C(=O)O)c2oc3c(C4CCOCC4)ccnc3c2c1. The second kappa shape index (κ2) is 8.28. The van der Waals surface area contributed by atoms with Gasteiger partial charge in [-0.1, -0.05) is 18.2 Å². The monoisotopic (exact) mass is 430 g/mol. The number of pyridine rings is 1. The molecule has 2 aromatic heterocycles. The number of aryl methyl sites for hydroxylation is 1. The van der Waals surface area contributed by atoms with Gasteiger partial charge in [-0.15, -0.1) is 0 Å². The van der Waals surface area contributed by atoms with E-state index >= 15 is 0 Å². The van der Waals surface area contributed by atoms with Crippen molar-refractivity contribution >= 4 is 33.7 Å². The van der Waals surface area contributed by atoms with Gasteiger partial charge in [0.2, 0.25) is 0 Å². The zero-order valence-electron chi connectivity index (χ0n) is 18.2. The van der Waals surface area contributed by atoms with Gasteiger partial charge in [-0.3, -0.25) is 4.98 Å². The molecule has 0 saturated carbocycles. The topological polar surface area (TPSA) is 84.6 Å². The molecule has 164 valence electrons. The summed E-state index contributed by atoms with van der Waals surface area (Å²) in [6, 6.07) is 13.1. The fourth-order valence-electron chi connectivity index (χ4n) is 4.71. The molecule has 0 unspecified atom stereocenters. The molecule has 0 aliphatic carbocycles. The maximum atomic E-state index is 11.6. The van der Waals surface area contributed by atoms with Crippen molar-refractivity contribution in [2.24, 2.45) is 0 Å². The molecule has 3 heterocycles. The molecule has 6 heteroatoms. The Morgan fingerprint density at radius 2 is 1.94 bits per heavy atom. The van der Waals surface area contributed by atoms with Crippen LogP contribution in [0.25, 0.3) is 22.1 Å². The van der Waals surface area contributed by atoms with Gasteiger partial charge in [-0.2, -0.15) is 0 Å². The fourth-order valence-corrected chi connectivity index (χ4v) is 4.71. The number of nitrogens with one attached hydrogen (secondary N) is 1. The average Bonchev–Trinajstić information content (AvgIpc) is 3.18. The number of carbonyl (C=O) groups is 1. The molecular weight excluding hydrogens is 404 g/mol. The predicted octanol–water partition coefficient (Wildman–Crippen LogP) is 6.05. The van der Waals surface area contributed by atoms with Crippen LogP contribution in [0.5, 0.6) is 0 Å². The lowest BCUT2D eigenvalue weighted by Gasteiger charge is -2.22. The number of hydrogen-bond donors (Lipinski definition) is 2. The number of fused-ring (bicyclic) bond motifs is 3. The number of hydrogen-bond acceptors (Lipinski definition) is 5. The van der Waals surface area contributed by atoms with Crippen molar-refractivity contribution in [2.45, 2.75) is 38.6 Å². The van der Waals surface area contributed by atoms with Crippen LogP contribution < -0.4 is 5.32 Å². The van der Waals surface area contributed by atoms with E-state index in [1.165, 1.54) is 5.56 Å². The van der Waals surface area contributed by atoms with Gasteiger partial charge in [0.1, 0.15) is 11.1 Å². The number of rotatable bonds is 5. The third-order valence-electron chi connectivity index (χ3n) is 6.31. The third kappa shape index (κ3) is 3.60. The van der Waals surface area contributed by atoms with Crippen LogP contribution in [-0.4, -0.2) is 29.3 Å². The predicted molar refractivity (Wildman–Crippen MR) is 124 cm³/mol. The highest BCUT2D eigenvalue weighted by Gasteiger charge is 2.24. The zero-order valence-corrected chi connectivity index (χ0v) is 18.2. The first-order chi connectivity index (χ1) is 15.5. The van der Waals surface area contributed by atoms with E-state index in [0.29, 0.717) is 11.6 Å². The second-order valence-electron chi connectivity index (χ2n) is 8.51. The summed E-state index contributed by atoms with van der Waals surface area (Å²) in [6.07, 6.45) is 3.83. The minimum atomic E-state index is -0.955. The summed E-state index contributed by atoms with van der Waals surface area (Å²) in [7, 11) is 0. The molecule has 1 atom stereocenters. The fraction of sp³-hybridized carbons (Fsp3) is 0.308. The number of carboxylic acids is 1. The summed E-state index contributed by atoms with van der Waals surface area (Å²) < 4.78 is 12.0. The van der Waals surface area contributed by atoms with E-state index in [2.05, 4.69) is 35.4 Å². The van der Waals surface area contributed by atoms with Crippen molar-refractivity contribution in [2.75, 3.05) is 18.5 Å². The number of nitrogens with zero attached hydrogens (tertiary/aromatic N) is 1. The van der Waals surface area contributed by atoms with Gasteiger partial charge >= 0.3 is 5.97 Å². The Balaban J connectivity index is 1.61. The van der Waals surface area contributed by atoms with Crippen LogP contribution in [0.3, 0.4) is 0 Å². The van der Waals surface area contributed by atoms with E-state index in [1.807, 2.05) is 19.2 Å². The number of carboxylic acid groups (broad SMARTS) is 1. The lowest BCUT2D eigenvalue weighted by molar-refractivity contribution is 0.0698. The third-order valence-corrected chi connectivity index (χ3v) is 6.31. The van der Waals surface area contributed by atoms with Crippen LogP contribution in [0.15, 0.2) is 53.1 Å². The van der Waals surface area contributed by atoms with Crippen LogP contribution in [0.4, 0.5) is 5.69 Å². The van der Waals surface area contributed by atoms with Gasteiger partial charge in [0.15, 0.2) is 5.58 Å². The number of anilines is 1. The van der Waals surface area contributed by atoms with E-state index in [4.69, 9.17) is 9.15 Å². The first kappa shape index (κ1) is 20.5.